The Kier molecular flexibility index (Phi) is 4.87. The standard InChI is InChI=1S/C12H8F6O3/c13-11(14,15)6-21-9-3-1-7(2-4-10(19)20)5-8(9)12(16,17)18/h1-5H,6H2,(H,19,20). The maximum atomic E-state index is 12.7. The molecular formula is C12H8F6O3. The van der Waals surface area contributed by atoms with Crippen molar-refractivity contribution in [3.8, 4) is 5.75 Å². The fraction of sp³-hybridized carbons (Fsp3) is 0.250. The minimum atomic E-state index is -4.94. The summed E-state index contributed by atoms with van der Waals surface area (Å²) in [6, 6.07) is 2.22. The largest absolute Gasteiger partial charge is 0.483 e. The third kappa shape index (κ3) is 5.76. The molecule has 1 aromatic rings. The molecule has 3 nitrogen and oxygen atoms in total. The molecule has 9 heteroatoms. The second-order valence-electron chi connectivity index (χ2n) is 3.83. The smallest absolute Gasteiger partial charge is 0.422 e. The number of hydrogen-bond acceptors (Lipinski definition) is 2. The zero-order chi connectivity index (χ0) is 16.3. The van der Waals surface area contributed by atoms with E-state index < -0.39 is 36.2 Å². The Morgan fingerprint density at radius 2 is 1.81 bits per heavy atom. The lowest BCUT2D eigenvalue weighted by Crippen LogP contribution is -2.20. The van der Waals surface area contributed by atoms with Crippen LogP contribution in [-0.4, -0.2) is 23.9 Å². The number of hydrogen-bond donors (Lipinski definition) is 1. The molecule has 0 spiro atoms. The van der Waals surface area contributed by atoms with Crippen LogP contribution >= 0.6 is 0 Å². The van der Waals surface area contributed by atoms with Gasteiger partial charge in [0.25, 0.3) is 0 Å². The van der Waals surface area contributed by atoms with Crippen molar-refractivity contribution in [1.29, 1.82) is 0 Å². The minimum absolute atomic E-state index is 0.135. The fourth-order valence-electron chi connectivity index (χ4n) is 1.33. The SMILES string of the molecule is O=C(O)C=Cc1ccc(OCC(F)(F)F)c(C(F)(F)F)c1. The first-order valence-corrected chi connectivity index (χ1v) is 5.31. The van der Waals surface area contributed by atoms with Crippen LogP contribution in [0.3, 0.4) is 0 Å². The predicted molar refractivity (Wildman–Crippen MR) is 59.7 cm³/mol. The lowest BCUT2D eigenvalue weighted by molar-refractivity contribution is -0.158. The van der Waals surface area contributed by atoms with Crippen molar-refractivity contribution in [1.82, 2.24) is 0 Å². The van der Waals surface area contributed by atoms with E-state index in [9.17, 15) is 31.1 Å². The number of aliphatic carboxylic acids is 1. The van der Waals surface area contributed by atoms with Gasteiger partial charge in [0.15, 0.2) is 6.61 Å². The first kappa shape index (κ1) is 16.9. The number of rotatable bonds is 4. The van der Waals surface area contributed by atoms with E-state index in [2.05, 4.69) is 4.74 Å². The van der Waals surface area contributed by atoms with Crippen LogP contribution in [-0.2, 0) is 11.0 Å². The van der Waals surface area contributed by atoms with Crippen molar-refractivity contribution in [3.05, 3.63) is 35.4 Å². The van der Waals surface area contributed by atoms with E-state index in [0.717, 1.165) is 12.1 Å². The number of ether oxygens (including phenoxy) is 1. The maximum absolute atomic E-state index is 12.7. The fourth-order valence-corrected chi connectivity index (χ4v) is 1.33. The molecular weight excluding hydrogens is 306 g/mol. The average Bonchev–Trinajstić information content (AvgIpc) is 2.32. The summed E-state index contributed by atoms with van der Waals surface area (Å²) >= 11 is 0. The first-order valence-electron chi connectivity index (χ1n) is 5.31. The highest BCUT2D eigenvalue weighted by Gasteiger charge is 2.36. The number of benzene rings is 1. The van der Waals surface area contributed by atoms with Gasteiger partial charge in [-0.2, -0.15) is 26.3 Å². The zero-order valence-electron chi connectivity index (χ0n) is 10.1. The highest BCUT2D eigenvalue weighted by Crippen LogP contribution is 2.37. The summed E-state index contributed by atoms with van der Waals surface area (Å²) in [6.07, 6.45) is -8.23. The summed E-state index contributed by atoms with van der Waals surface area (Å²) < 4.78 is 78.3. The highest BCUT2D eigenvalue weighted by molar-refractivity contribution is 5.85. The highest BCUT2D eigenvalue weighted by atomic mass is 19.4. The third-order valence-electron chi connectivity index (χ3n) is 2.12. The van der Waals surface area contributed by atoms with Crippen LogP contribution in [0.2, 0.25) is 0 Å². The van der Waals surface area contributed by atoms with Crippen LogP contribution in [0.5, 0.6) is 5.75 Å². The van der Waals surface area contributed by atoms with Gasteiger partial charge in [0.05, 0.1) is 5.56 Å². The molecule has 0 heterocycles. The van der Waals surface area contributed by atoms with Crippen LogP contribution in [0, 0.1) is 0 Å². The lowest BCUT2D eigenvalue weighted by Gasteiger charge is -2.15. The molecule has 116 valence electrons. The van der Waals surface area contributed by atoms with Gasteiger partial charge in [0, 0.05) is 6.08 Å². The molecule has 21 heavy (non-hydrogen) atoms. The summed E-state index contributed by atoms with van der Waals surface area (Å²) in [6.45, 7) is -1.86. The minimum Gasteiger partial charge on any atom is -0.483 e. The summed E-state index contributed by atoms with van der Waals surface area (Å²) in [5.41, 5.74) is -1.55. The van der Waals surface area contributed by atoms with Crippen LogP contribution < -0.4 is 4.74 Å². The zero-order valence-corrected chi connectivity index (χ0v) is 10.1. The molecule has 0 fully saturated rings. The van der Waals surface area contributed by atoms with E-state index in [-0.39, 0.29) is 5.56 Å². The van der Waals surface area contributed by atoms with Crippen LogP contribution in [0.1, 0.15) is 11.1 Å². The molecule has 0 unspecified atom stereocenters. The Bertz CT molecular complexity index is 545. The van der Waals surface area contributed by atoms with Gasteiger partial charge in [-0.15, -0.1) is 0 Å². The monoisotopic (exact) mass is 314 g/mol. The van der Waals surface area contributed by atoms with Crippen molar-refractivity contribution in [2.75, 3.05) is 6.61 Å². The quantitative estimate of drug-likeness (QED) is 0.680. The average molecular weight is 314 g/mol. The molecule has 1 rings (SSSR count). The molecule has 0 saturated heterocycles. The van der Waals surface area contributed by atoms with Gasteiger partial charge in [0.1, 0.15) is 5.75 Å². The maximum Gasteiger partial charge on any atom is 0.422 e. The molecule has 0 saturated carbocycles. The molecule has 1 aromatic carbocycles. The molecule has 0 aromatic heterocycles. The Morgan fingerprint density at radius 3 is 2.29 bits per heavy atom. The Labute approximate surface area is 114 Å². The topological polar surface area (TPSA) is 46.5 Å². The van der Waals surface area contributed by atoms with Crippen molar-refractivity contribution in [2.45, 2.75) is 12.4 Å². The van der Waals surface area contributed by atoms with E-state index in [1.54, 1.807) is 0 Å². The normalized spacial score (nSPS) is 12.7. The van der Waals surface area contributed by atoms with Gasteiger partial charge in [-0.05, 0) is 23.8 Å². The number of carboxylic acids is 1. The van der Waals surface area contributed by atoms with Crippen molar-refractivity contribution >= 4 is 12.0 Å². The van der Waals surface area contributed by atoms with Crippen LogP contribution in [0.4, 0.5) is 26.3 Å². The van der Waals surface area contributed by atoms with Crippen LogP contribution in [0.15, 0.2) is 24.3 Å². The van der Waals surface area contributed by atoms with Crippen molar-refractivity contribution in [3.63, 3.8) is 0 Å². The predicted octanol–water partition coefficient (Wildman–Crippen LogP) is 3.74. The van der Waals surface area contributed by atoms with Crippen LogP contribution in [0.25, 0.3) is 6.08 Å². The van der Waals surface area contributed by atoms with Gasteiger partial charge >= 0.3 is 18.3 Å². The second kappa shape index (κ2) is 6.06. The van der Waals surface area contributed by atoms with Crippen molar-refractivity contribution in [2.24, 2.45) is 0 Å². The molecule has 0 aliphatic rings. The summed E-state index contributed by atoms with van der Waals surface area (Å²) in [5.74, 6) is -2.35. The number of carbonyl (C=O) groups is 1. The molecule has 0 radical (unpaired) electrons. The summed E-state index contributed by atoms with van der Waals surface area (Å²) in [5, 5.41) is 8.37. The van der Waals surface area contributed by atoms with E-state index in [1.165, 1.54) is 0 Å². The molecule has 0 aliphatic carbocycles. The van der Waals surface area contributed by atoms with E-state index in [4.69, 9.17) is 5.11 Å². The molecule has 0 bridgehead atoms. The lowest BCUT2D eigenvalue weighted by atomic mass is 10.1. The summed E-state index contributed by atoms with van der Waals surface area (Å²) in [4.78, 5) is 10.3. The number of alkyl halides is 6. The Hall–Kier alpha value is -2.19. The van der Waals surface area contributed by atoms with Gasteiger partial charge in [-0.1, -0.05) is 6.07 Å². The Balaban J connectivity index is 3.11. The Morgan fingerprint density at radius 1 is 1.19 bits per heavy atom. The van der Waals surface area contributed by atoms with Crippen molar-refractivity contribution < 1.29 is 41.0 Å². The van der Waals surface area contributed by atoms with E-state index in [0.29, 0.717) is 18.2 Å². The number of carboxylic acid groups (broad SMARTS) is 1. The molecule has 0 aliphatic heterocycles. The first-order chi connectivity index (χ1) is 9.49. The molecule has 1 N–H and O–H groups in total. The van der Waals surface area contributed by atoms with Gasteiger partial charge in [0.2, 0.25) is 0 Å². The third-order valence-corrected chi connectivity index (χ3v) is 2.12. The van der Waals surface area contributed by atoms with E-state index in [1.807, 2.05) is 0 Å². The van der Waals surface area contributed by atoms with Gasteiger partial charge in [-0.25, -0.2) is 4.79 Å². The number of halogens is 6. The van der Waals surface area contributed by atoms with E-state index >= 15 is 0 Å². The molecule has 0 amide bonds. The van der Waals surface area contributed by atoms with Gasteiger partial charge in [-0.3, -0.25) is 0 Å². The van der Waals surface area contributed by atoms with Gasteiger partial charge < -0.3 is 9.84 Å². The second-order valence-corrected chi connectivity index (χ2v) is 3.83. The summed E-state index contributed by atoms with van der Waals surface area (Å²) in [7, 11) is 0. The molecule has 0 atom stereocenters.